The molecule has 9 heteroatoms. The normalized spacial score (nSPS) is 13.9. The van der Waals surface area contributed by atoms with Gasteiger partial charge in [0, 0.05) is 12.3 Å². The number of anilines is 1. The number of benzene rings is 1. The number of pyridine rings is 1. The zero-order chi connectivity index (χ0) is 16.7. The second-order valence-corrected chi connectivity index (χ2v) is 6.99. The molecule has 0 saturated carbocycles. The van der Waals surface area contributed by atoms with Crippen LogP contribution in [0.25, 0.3) is 5.65 Å². The number of aromatic nitrogens is 3. The first-order valence-electron chi connectivity index (χ1n) is 7.27. The van der Waals surface area contributed by atoms with Crippen molar-refractivity contribution in [1.29, 1.82) is 0 Å². The highest BCUT2D eigenvalue weighted by Gasteiger charge is 2.18. The molecular formula is C15H14N4O4S. The summed E-state index contributed by atoms with van der Waals surface area (Å²) in [5.41, 5.74) is 0.991. The van der Waals surface area contributed by atoms with Gasteiger partial charge in [-0.1, -0.05) is 0 Å². The van der Waals surface area contributed by atoms with Gasteiger partial charge < -0.3 is 9.47 Å². The van der Waals surface area contributed by atoms with Crippen molar-refractivity contribution in [3.63, 3.8) is 0 Å². The van der Waals surface area contributed by atoms with E-state index < -0.39 is 10.0 Å². The second-order valence-electron chi connectivity index (χ2n) is 5.30. The highest BCUT2D eigenvalue weighted by molar-refractivity contribution is 7.92. The molecule has 0 bridgehead atoms. The van der Waals surface area contributed by atoms with E-state index in [1.807, 2.05) is 0 Å². The molecule has 2 aromatic heterocycles. The first kappa shape index (κ1) is 14.8. The van der Waals surface area contributed by atoms with E-state index in [2.05, 4.69) is 14.9 Å². The van der Waals surface area contributed by atoms with E-state index in [1.54, 1.807) is 35.6 Å². The first-order chi connectivity index (χ1) is 11.5. The Morgan fingerprint density at radius 2 is 1.88 bits per heavy atom. The van der Waals surface area contributed by atoms with Gasteiger partial charge in [-0.05, 0) is 31.2 Å². The lowest BCUT2D eigenvalue weighted by molar-refractivity contribution is 0.171. The van der Waals surface area contributed by atoms with Crippen LogP contribution >= 0.6 is 0 Å². The van der Waals surface area contributed by atoms with Crippen molar-refractivity contribution in [1.82, 2.24) is 14.6 Å². The Labute approximate surface area is 138 Å². The van der Waals surface area contributed by atoms with Crippen LogP contribution in [0, 0.1) is 6.92 Å². The molecule has 8 nitrogen and oxygen atoms in total. The molecule has 1 aromatic carbocycles. The number of sulfonamides is 1. The number of nitrogens with one attached hydrogen (secondary N) is 1. The van der Waals surface area contributed by atoms with Gasteiger partial charge in [0.2, 0.25) is 0 Å². The molecule has 1 aliphatic heterocycles. The van der Waals surface area contributed by atoms with Crippen LogP contribution in [0.5, 0.6) is 11.5 Å². The van der Waals surface area contributed by atoms with Gasteiger partial charge >= 0.3 is 0 Å². The fourth-order valence-corrected chi connectivity index (χ4v) is 3.51. The van der Waals surface area contributed by atoms with E-state index in [1.165, 1.54) is 12.3 Å². The van der Waals surface area contributed by atoms with Gasteiger partial charge in [0.1, 0.15) is 23.9 Å². The third kappa shape index (κ3) is 2.52. The summed E-state index contributed by atoms with van der Waals surface area (Å²) in [4.78, 5) is 0.118. The van der Waals surface area contributed by atoms with Crippen LogP contribution in [0.3, 0.4) is 0 Å². The molecular weight excluding hydrogens is 332 g/mol. The summed E-state index contributed by atoms with van der Waals surface area (Å²) in [5, 5.41) is 7.86. The fourth-order valence-electron chi connectivity index (χ4n) is 2.47. The SMILES string of the molecule is Cc1nnc2ccc(S(=O)(=O)Nc3ccc4c(c3)OCCO4)cn12. The molecule has 0 radical (unpaired) electrons. The van der Waals surface area contributed by atoms with Crippen LogP contribution in [0.2, 0.25) is 0 Å². The highest BCUT2D eigenvalue weighted by atomic mass is 32.2. The van der Waals surface area contributed by atoms with Crippen molar-refractivity contribution < 1.29 is 17.9 Å². The van der Waals surface area contributed by atoms with Gasteiger partial charge in [0.15, 0.2) is 17.1 Å². The Bertz CT molecular complexity index is 1030. The maximum atomic E-state index is 12.6. The zero-order valence-corrected chi connectivity index (χ0v) is 13.6. The van der Waals surface area contributed by atoms with Crippen LogP contribution < -0.4 is 14.2 Å². The van der Waals surface area contributed by atoms with Gasteiger partial charge in [-0.15, -0.1) is 10.2 Å². The minimum atomic E-state index is -3.75. The Morgan fingerprint density at radius 1 is 1.08 bits per heavy atom. The van der Waals surface area contributed by atoms with Gasteiger partial charge in [-0.2, -0.15) is 0 Å². The van der Waals surface area contributed by atoms with Crippen molar-refractivity contribution in [3.8, 4) is 11.5 Å². The topological polar surface area (TPSA) is 94.8 Å². The van der Waals surface area contributed by atoms with Gasteiger partial charge in [0.05, 0.1) is 5.69 Å². The average molecular weight is 346 g/mol. The molecule has 3 aromatic rings. The van der Waals surface area contributed by atoms with E-state index >= 15 is 0 Å². The molecule has 0 fully saturated rings. The second kappa shape index (κ2) is 5.38. The molecule has 1 N–H and O–H groups in total. The van der Waals surface area contributed by atoms with E-state index in [-0.39, 0.29) is 4.90 Å². The number of nitrogens with zero attached hydrogens (tertiary/aromatic N) is 3. The van der Waals surface area contributed by atoms with Crippen LogP contribution in [0.15, 0.2) is 41.4 Å². The summed E-state index contributed by atoms with van der Waals surface area (Å²) in [7, 11) is -3.75. The molecule has 1 aliphatic rings. The van der Waals surface area contributed by atoms with Crippen LogP contribution in [-0.2, 0) is 10.0 Å². The van der Waals surface area contributed by atoms with Crippen LogP contribution in [0.1, 0.15) is 5.82 Å². The Kier molecular flexibility index (Phi) is 3.31. The molecule has 0 unspecified atom stereocenters. The maximum Gasteiger partial charge on any atom is 0.263 e. The Hall–Kier alpha value is -2.81. The minimum Gasteiger partial charge on any atom is -0.486 e. The number of fused-ring (bicyclic) bond motifs is 2. The number of aryl methyl sites for hydroxylation is 1. The average Bonchev–Trinajstić information content (AvgIpc) is 2.95. The maximum absolute atomic E-state index is 12.6. The highest BCUT2D eigenvalue weighted by Crippen LogP contribution is 2.33. The summed E-state index contributed by atoms with van der Waals surface area (Å²) < 4.78 is 40.3. The summed E-state index contributed by atoms with van der Waals surface area (Å²) in [6.45, 7) is 2.67. The van der Waals surface area contributed by atoms with Crippen molar-refractivity contribution in [2.75, 3.05) is 17.9 Å². The van der Waals surface area contributed by atoms with E-state index in [0.717, 1.165) is 0 Å². The summed E-state index contributed by atoms with van der Waals surface area (Å²) in [6.07, 6.45) is 1.49. The van der Waals surface area contributed by atoms with E-state index in [4.69, 9.17) is 9.47 Å². The molecule has 3 heterocycles. The third-order valence-electron chi connectivity index (χ3n) is 3.65. The predicted molar refractivity (Wildman–Crippen MR) is 86.0 cm³/mol. The quantitative estimate of drug-likeness (QED) is 0.774. The van der Waals surface area contributed by atoms with Gasteiger partial charge in [0.25, 0.3) is 10.0 Å². The lowest BCUT2D eigenvalue weighted by Gasteiger charge is -2.19. The van der Waals surface area contributed by atoms with Gasteiger partial charge in [-0.3, -0.25) is 9.12 Å². The van der Waals surface area contributed by atoms with Crippen LogP contribution in [-0.4, -0.2) is 36.2 Å². The molecule has 0 spiro atoms. The minimum absolute atomic E-state index is 0.118. The standard InChI is InChI=1S/C15H14N4O4S/c1-10-16-17-15-5-3-12(9-19(10)15)24(20,21)18-11-2-4-13-14(8-11)23-7-6-22-13/h2-5,8-9,18H,6-7H2,1H3. The lowest BCUT2D eigenvalue weighted by Crippen LogP contribution is -2.17. The van der Waals surface area contributed by atoms with Crippen molar-refractivity contribution in [3.05, 3.63) is 42.4 Å². The first-order valence-corrected chi connectivity index (χ1v) is 8.75. The fraction of sp³-hybridized carbons (Fsp3) is 0.200. The number of rotatable bonds is 3. The van der Waals surface area contributed by atoms with Crippen molar-refractivity contribution in [2.24, 2.45) is 0 Å². The predicted octanol–water partition coefficient (Wildman–Crippen LogP) is 1.61. The Morgan fingerprint density at radius 3 is 2.71 bits per heavy atom. The third-order valence-corrected chi connectivity index (χ3v) is 5.02. The zero-order valence-electron chi connectivity index (χ0n) is 12.8. The van der Waals surface area contributed by atoms with Crippen molar-refractivity contribution >= 4 is 21.4 Å². The monoisotopic (exact) mass is 346 g/mol. The Balaban J connectivity index is 1.68. The number of hydrogen-bond donors (Lipinski definition) is 1. The summed E-state index contributed by atoms with van der Waals surface area (Å²) >= 11 is 0. The summed E-state index contributed by atoms with van der Waals surface area (Å²) in [5.74, 6) is 1.73. The molecule has 0 amide bonds. The number of ether oxygens (including phenoxy) is 2. The smallest absolute Gasteiger partial charge is 0.263 e. The molecule has 24 heavy (non-hydrogen) atoms. The van der Waals surface area contributed by atoms with E-state index in [0.29, 0.717) is 41.9 Å². The van der Waals surface area contributed by atoms with Crippen LogP contribution in [0.4, 0.5) is 5.69 Å². The van der Waals surface area contributed by atoms with Gasteiger partial charge in [-0.25, -0.2) is 8.42 Å². The molecule has 124 valence electrons. The molecule has 0 atom stereocenters. The molecule has 0 saturated heterocycles. The largest absolute Gasteiger partial charge is 0.486 e. The lowest BCUT2D eigenvalue weighted by atomic mass is 10.3. The van der Waals surface area contributed by atoms with Crippen molar-refractivity contribution in [2.45, 2.75) is 11.8 Å². The molecule has 0 aliphatic carbocycles. The summed E-state index contributed by atoms with van der Waals surface area (Å²) in [6, 6.07) is 8.02. The van der Waals surface area contributed by atoms with E-state index in [9.17, 15) is 8.42 Å². The molecule has 4 rings (SSSR count). The number of hydrogen-bond acceptors (Lipinski definition) is 6.